The van der Waals surface area contributed by atoms with E-state index in [1.165, 1.54) is 20.4 Å². The summed E-state index contributed by atoms with van der Waals surface area (Å²) in [6, 6.07) is 0. The summed E-state index contributed by atoms with van der Waals surface area (Å²) >= 11 is 0. The predicted octanol–water partition coefficient (Wildman–Crippen LogP) is 1.17. The van der Waals surface area contributed by atoms with E-state index in [9.17, 15) is 13.2 Å². The van der Waals surface area contributed by atoms with Crippen LogP contribution in [0, 0.1) is 0 Å². The van der Waals surface area contributed by atoms with Crippen molar-refractivity contribution in [1.82, 2.24) is 15.1 Å². The van der Waals surface area contributed by atoms with Gasteiger partial charge in [0.2, 0.25) is 0 Å². The summed E-state index contributed by atoms with van der Waals surface area (Å²) in [6.45, 7) is 1.09. The van der Waals surface area contributed by atoms with Crippen LogP contribution in [0.5, 0.6) is 0 Å². The maximum atomic E-state index is 12.5. The van der Waals surface area contributed by atoms with E-state index in [0.717, 1.165) is 4.68 Å². The molecule has 1 heterocycles. The third kappa shape index (κ3) is 3.49. The van der Waals surface area contributed by atoms with Crippen LogP contribution in [-0.2, 0) is 24.5 Å². The van der Waals surface area contributed by atoms with Gasteiger partial charge in [-0.15, -0.1) is 0 Å². The summed E-state index contributed by atoms with van der Waals surface area (Å²) in [5.41, 5.74) is -0.689. The first-order valence-corrected chi connectivity index (χ1v) is 4.74. The van der Waals surface area contributed by atoms with Gasteiger partial charge in [-0.3, -0.25) is 4.68 Å². The summed E-state index contributed by atoms with van der Waals surface area (Å²) in [7, 11) is 3.00. The third-order valence-corrected chi connectivity index (χ3v) is 1.97. The van der Waals surface area contributed by atoms with Gasteiger partial charge in [0.05, 0.1) is 6.61 Å². The smallest absolute Gasteiger partial charge is 0.383 e. The van der Waals surface area contributed by atoms with E-state index in [4.69, 9.17) is 4.74 Å². The van der Waals surface area contributed by atoms with Gasteiger partial charge in [-0.25, -0.2) is 0 Å². The molecule has 0 radical (unpaired) electrons. The first kappa shape index (κ1) is 13.0. The Labute approximate surface area is 91.4 Å². The number of hydrogen-bond acceptors (Lipinski definition) is 3. The second-order valence-electron chi connectivity index (χ2n) is 3.34. The van der Waals surface area contributed by atoms with Crippen molar-refractivity contribution < 1.29 is 17.9 Å². The predicted molar refractivity (Wildman–Crippen MR) is 51.8 cm³/mol. The highest BCUT2D eigenvalue weighted by Gasteiger charge is 2.36. The summed E-state index contributed by atoms with van der Waals surface area (Å²) in [4.78, 5) is 0. The van der Waals surface area contributed by atoms with Crippen LogP contribution in [0.4, 0.5) is 13.2 Å². The summed E-state index contributed by atoms with van der Waals surface area (Å²) in [6.07, 6.45) is -3.04. The maximum absolute atomic E-state index is 12.5. The van der Waals surface area contributed by atoms with Gasteiger partial charge in [-0.2, -0.15) is 18.3 Å². The lowest BCUT2D eigenvalue weighted by atomic mass is 10.2. The van der Waals surface area contributed by atoms with E-state index in [2.05, 4.69) is 10.4 Å². The molecule has 92 valence electrons. The van der Waals surface area contributed by atoms with Crippen molar-refractivity contribution >= 4 is 0 Å². The van der Waals surface area contributed by atoms with E-state index in [1.807, 2.05) is 0 Å². The lowest BCUT2D eigenvalue weighted by Crippen LogP contribution is -2.20. The van der Waals surface area contributed by atoms with E-state index in [-0.39, 0.29) is 12.1 Å². The molecule has 0 atom stereocenters. The molecule has 0 saturated heterocycles. The average molecular weight is 237 g/mol. The second-order valence-corrected chi connectivity index (χ2v) is 3.34. The number of ether oxygens (including phenoxy) is 1. The summed E-state index contributed by atoms with van der Waals surface area (Å²) in [5, 5.41) is 6.25. The lowest BCUT2D eigenvalue weighted by Gasteiger charge is -2.06. The third-order valence-electron chi connectivity index (χ3n) is 1.97. The average Bonchev–Trinajstić information content (AvgIpc) is 2.54. The summed E-state index contributed by atoms with van der Waals surface area (Å²) in [5.74, 6) is 0. The zero-order chi connectivity index (χ0) is 12.2. The molecule has 0 saturated carbocycles. The van der Waals surface area contributed by atoms with Crippen molar-refractivity contribution in [3.8, 4) is 0 Å². The maximum Gasteiger partial charge on any atom is 0.435 e. The Balaban J connectivity index is 2.65. The van der Waals surface area contributed by atoms with Crippen molar-refractivity contribution in [2.75, 3.05) is 20.3 Å². The fraction of sp³-hybridized carbons (Fsp3) is 0.667. The Hall–Kier alpha value is -1.08. The van der Waals surface area contributed by atoms with Crippen molar-refractivity contribution in [2.24, 2.45) is 7.05 Å². The largest absolute Gasteiger partial charge is 0.435 e. The number of nitrogens with zero attached hydrogens (tertiary/aromatic N) is 2. The molecule has 1 N–H and O–H groups in total. The standard InChI is InChI=1S/C9H14F3N3O/c1-15-6-7(5-13-3-4-16-2)8(14-15)9(10,11)12/h6,13H,3-5H2,1-2H3. The van der Waals surface area contributed by atoms with Crippen LogP contribution in [-0.4, -0.2) is 30.0 Å². The normalized spacial score (nSPS) is 12.1. The fourth-order valence-electron chi connectivity index (χ4n) is 1.30. The minimum Gasteiger partial charge on any atom is -0.383 e. The first-order valence-electron chi connectivity index (χ1n) is 4.74. The number of rotatable bonds is 5. The topological polar surface area (TPSA) is 39.1 Å². The van der Waals surface area contributed by atoms with E-state index < -0.39 is 11.9 Å². The van der Waals surface area contributed by atoms with Gasteiger partial charge >= 0.3 is 6.18 Å². The molecule has 1 aromatic rings. The molecule has 0 spiro atoms. The monoisotopic (exact) mass is 237 g/mol. The molecular weight excluding hydrogens is 223 g/mol. The highest BCUT2D eigenvalue weighted by Crippen LogP contribution is 2.30. The Morgan fingerprint density at radius 3 is 2.75 bits per heavy atom. The molecule has 0 aliphatic rings. The molecule has 0 unspecified atom stereocenters. The SMILES string of the molecule is COCCNCc1cn(C)nc1C(F)(F)F. The van der Waals surface area contributed by atoms with Gasteiger partial charge in [-0.1, -0.05) is 0 Å². The Morgan fingerprint density at radius 1 is 1.50 bits per heavy atom. The highest BCUT2D eigenvalue weighted by molar-refractivity contribution is 5.19. The lowest BCUT2D eigenvalue weighted by molar-refractivity contribution is -0.142. The van der Waals surface area contributed by atoms with E-state index >= 15 is 0 Å². The minimum atomic E-state index is -4.40. The second kappa shape index (κ2) is 5.31. The number of alkyl halides is 3. The number of halogens is 3. The molecule has 1 rings (SSSR count). The molecule has 4 nitrogen and oxygen atoms in total. The van der Waals surface area contributed by atoms with Gasteiger partial charge in [0.25, 0.3) is 0 Å². The van der Waals surface area contributed by atoms with Gasteiger partial charge in [-0.05, 0) is 0 Å². The van der Waals surface area contributed by atoms with Crippen LogP contribution >= 0.6 is 0 Å². The molecule has 16 heavy (non-hydrogen) atoms. The van der Waals surface area contributed by atoms with Gasteiger partial charge in [0, 0.05) is 39.0 Å². The fourth-order valence-corrected chi connectivity index (χ4v) is 1.30. The summed E-state index contributed by atoms with van der Waals surface area (Å²) < 4.78 is 43.5. The molecule has 0 aliphatic heterocycles. The van der Waals surface area contributed by atoms with E-state index in [0.29, 0.717) is 13.2 Å². The van der Waals surface area contributed by atoms with Gasteiger partial charge < -0.3 is 10.1 Å². The Kier molecular flexibility index (Phi) is 4.31. The van der Waals surface area contributed by atoms with Crippen LogP contribution in [0.1, 0.15) is 11.3 Å². The number of aromatic nitrogens is 2. The van der Waals surface area contributed by atoms with Crippen LogP contribution in [0.25, 0.3) is 0 Å². The quantitative estimate of drug-likeness (QED) is 0.781. The van der Waals surface area contributed by atoms with Crippen LogP contribution in [0.2, 0.25) is 0 Å². The minimum absolute atomic E-state index is 0.131. The zero-order valence-corrected chi connectivity index (χ0v) is 9.14. The Bertz CT molecular complexity index is 335. The van der Waals surface area contributed by atoms with Gasteiger partial charge in [0.15, 0.2) is 5.69 Å². The number of nitrogens with one attached hydrogen (secondary N) is 1. The van der Waals surface area contributed by atoms with Crippen LogP contribution in [0.3, 0.4) is 0 Å². The van der Waals surface area contributed by atoms with E-state index in [1.54, 1.807) is 0 Å². The molecule has 0 fully saturated rings. The number of hydrogen-bond donors (Lipinski definition) is 1. The van der Waals surface area contributed by atoms with Gasteiger partial charge in [0.1, 0.15) is 0 Å². The molecule has 0 aromatic carbocycles. The molecular formula is C9H14F3N3O. The number of aryl methyl sites for hydroxylation is 1. The first-order chi connectivity index (χ1) is 7.45. The van der Waals surface area contributed by atoms with Crippen molar-refractivity contribution in [3.63, 3.8) is 0 Å². The highest BCUT2D eigenvalue weighted by atomic mass is 19.4. The zero-order valence-electron chi connectivity index (χ0n) is 9.14. The number of methoxy groups -OCH3 is 1. The Morgan fingerprint density at radius 2 is 2.19 bits per heavy atom. The molecule has 0 aliphatic carbocycles. The van der Waals surface area contributed by atoms with Crippen LogP contribution in [0.15, 0.2) is 6.20 Å². The molecule has 7 heteroatoms. The van der Waals surface area contributed by atoms with Crippen molar-refractivity contribution in [2.45, 2.75) is 12.7 Å². The van der Waals surface area contributed by atoms with Crippen LogP contribution < -0.4 is 5.32 Å². The van der Waals surface area contributed by atoms with Crippen molar-refractivity contribution in [1.29, 1.82) is 0 Å². The molecule has 1 aromatic heterocycles. The molecule has 0 amide bonds. The molecule has 0 bridgehead atoms. The van der Waals surface area contributed by atoms with Crippen molar-refractivity contribution in [3.05, 3.63) is 17.5 Å².